The fraction of sp³-hybridized carbons (Fsp3) is 0.333. The van der Waals surface area contributed by atoms with Gasteiger partial charge in [-0.3, -0.25) is 19.4 Å². The van der Waals surface area contributed by atoms with E-state index in [2.05, 4.69) is 20.2 Å². The Morgan fingerprint density at radius 2 is 1.76 bits per heavy atom. The number of hydrogen-bond acceptors (Lipinski definition) is 5. The Morgan fingerprint density at radius 3 is 2.55 bits per heavy atom. The van der Waals surface area contributed by atoms with Crippen LogP contribution >= 0.6 is 11.6 Å². The molecule has 7 rings (SSSR count). The third-order valence-electron chi connectivity index (χ3n) is 9.89. The second-order valence-corrected chi connectivity index (χ2v) is 14.1. The number of nitrogens with one attached hydrogen (secondary N) is 2. The zero-order valence-corrected chi connectivity index (χ0v) is 28.6. The molecular formula is C39H41ClN6O3. The maximum Gasteiger partial charge on any atom is 0.272 e. The number of pyridine rings is 1. The number of rotatable bonds is 8. The predicted molar refractivity (Wildman–Crippen MR) is 194 cm³/mol. The second kappa shape index (κ2) is 14.0. The summed E-state index contributed by atoms with van der Waals surface area (Å²) in [7, 11) is 4.08. The van der Waals surface area contributed by atoms with Crippen molar-refractivity contribution in [2.75, 3.05) is 45.2 Å². The summed E-state index contributed by atoms with van der Waals surface area (Å²) in [5.74, 6) is -0.532. The normalized spacial score (nSPS) is 17.3. The average Bonchev–Trinajstić information content (AvgIpc) is 3.52. The van der Waals surface area contributed by atoms with Crippen molar-refractivity contribution >= 4 is 56.7 Å². The average molecular weight is 677 g/mol. The fourth-order valence-electron chi connectivity index (χ4n) is 7.47. The van der Waals surface area contributed by atoms with Gasteiger partial charge in [-0.05, 0) is 86.1 Å². The van der Waals surface area contributed by atoms with Crippen LogP contribution in [0, 0.1) is 11.8 Å². The van der Waals surface area contributed by atoms with Crippen molar-refractivity contribution in [2.45, 2.75) is 31.7 Å². The number of H-pyrrole nitrogens is 1. The molecule has 5 aromatic rings. The van der Waals surface area contributed by atoms with E-state index < -0.39 is 6.04 Å². The number of amides is 3. The van der Waals surface area contributed by atoms with Gasteiger partial charge in [0, 0.05) is 77.9 Å². The fourth-order valence-corrected chi connectivity index (χ4v) is 7.66. The van der Waals surface area contributed by atoms with Gasteiger partial charge in [-0.15, -0.1) is 0 Å². The maximum atomic E-state index is 14.6. The summed E-state index contributed by atoms with van der Waals surface area (Å²) < 4.78 is 0. The molecule has 0 spiro atoms. The summed E-state index contributed by atoms with van der Waals surface area (Å²) in [6.07, 6.45) is 5.84. The highest BCUT2D eigenvalue weighted by atomic mass is 35.5. The molecule has 3 aromatic carbocycles. The largest absolute Gasteiger partial charge is 0.361 e. The van der Waals surface area contributed by atoms with Crippen molar-refractivity contribution in [3.05, 3.63) is 107 Å². The van der Waals surface area contributed by atoms with Gasteiger partial charge in [-0.25, -0.2) is 0 Å². The number of anilines is 1. The highest BCUT2D eigenvalue weighted by Gasteiger charge is 2.36. The summed E-state index contributed by atoms with van der Waals surface area (Å²) in [6, 6.07) is 22.6. The molecule has 2 aromatic heterocycles. The van der Waals surface area contributed by atoms with E-state index in [1.165, 1.54) is 0 Å². The van der Waals surface area contributed by atoms with Crippen molar-refractivity contribution in [2.24, 2.45) is 11.8 Å². The molecule has 0 radical (unpaired) electrons. The van der Waals surface area contributed by atoms with Crippen LogP contribution in [0.4, 0.5) is 5.69 Å². The van der Waals surface area contributed by atoms with Gasteiger partial charge in [0.25, 0.3) is 5.91 Å². The molecule has 2 aliphatic rings. The Labute approximate surface area is 291 Å². The highest BCUT2D eigenvalue weighted by Crippen LogP contribution is 2.33. The lowest BCUT2D eigenvalue weighted by Gasteiger charge is -2.38. The molecule has 0 saturated carbocycles. The zero-order valence-electron chi connectivity index (χ0n) is 27.9. The number of aromatic nitrogens is 2. The highest BCUT2D eigenvalue weighted by molar-refractivity contribution is 6.30. The number of hydrogen-bond donors (Lipinski definition) is 2. The Balaban J connectivity index is 1.10. The number of piperidine rings is 1. The van der Waals surface area contributed by atoms with Crippen molar-refractivity contribution in [1.82, 2.24) is 25.1 Å². The molecule has 4 heterocycles. The van der Waals surface area contributed by atoms with Gasteiger partial charge in [0.15, 0.2) is 0 Å². The molecule has 0 aliphatic carbocycles. The summed E-state index contributed by atoms with van der Waals surface area (Å²) in [5.41, 5.74) is 4.24. The topological polar surface area (TPSA) is 102 Å². The van der Waals surface area contributed by atoms with E-state index in [1.54, 1.807) is 11.1 Å². The van der Waals surface area contributed by atoms with Crippen LogP contribution in [-0.2, 0) is 22.4 Å². The van der Waals surface area contributed by atoms with E-state index in [0.29, 0.717) is 49.6 Å². The van der Waals surface area contributed by atoms with Gasteiger partial charge in [0.2, 0.25) is 11.8 Å². The number of likely N-dealkylation sites (tertiary alicyclic amines) is 1. The molecule has 0 bridgehead atoms. The first-order chi connectivity index (χ1) is 23.7. The number of para-hydroxylation sites is 1. The van der Waals surface area contributed by atoms with Crippen molar-refractivity contribution in [3.63, 3.8) is 0 Å². The van der Waals surface area contributed by atoms with Gasteiger partial charge >= 0.3 is 0 Å². The number of carbonyl (C=O) groups excluding carboxylic acids is 3. The molecule has 2 N–H and O–H groups in total. The molecule has 0 unspecified atom stereocenters. The third kappa shape index (κ3) is 7.05. The van der Waals surface area contributed by atoms with Crippen molar-refractivity contribution in [1.29, 1.82) is 0 Å². The van der Waals surface area contributed by atoms with Crippen LogP contribution in [-0.4, -0.2) is 83.8 Å². The quantitative estimate of drug-likeness (QED) is 0.219. The molecule has 252 valence electrons. The molecule has 3 amide bonds. The minimum absolute atomic E-state index is 0.131. The second-order valence-electron chi connectivity index (χ2n) is 13.7. The van der Waals surface area contributed by atoms with Crippen molar-refractivity contribution < 1.29 is 14.4 Å². The van der Waals surface area contributed by atoms with Crippen LogP contribution in [0.1, 0.15) is 34.5 Å². The maximum absolute atomic E-state index is 14.6. The lowest BCUT2D eigenvalue weighted by molar-refractivity contribution is -0.131. The molecule has 1 fully saturated rings. The van der Waals surface area contributed by atoms with E-state index in [-0.39, 0.29) is 29.6 Å². The Bertz CT molecular complexity index is 2020. The monoisotopic (exact) mass is 676 g/mol. The minimum atomic E-state index is -0.783. The van der Waals surface area contributed by atoms with Crippen LogP contribution in [0.25, 0.3) is 21.7 Å². The first kappa shape index (κ1) is 32.8. The third-order valence-corrected chi connectivity index (χ3v) is 10.1. The summed E-state index contributed by atoms with van der Waals surface area (Å²) in [6.45, 7) is 2.26. The molecule has 2 atom stereocenters. The lowest BCUT2D eigenvalue weighted by Crippen LogP contribution is -2.54. The first-order valence-electron chi connectivity index (χ1n) is 17.0. The standard InChI is InChI=1S/C39H41ClN6O3/c1-44(2)23-25-17-29-18-31(40)11-12-36(29)46(24-25)39(49)35(20-30-22-41-33-10-6-5-9-32(30)33)43-37(47)26-13-15-45(16-14-26)38(48)34-19-27-7-3-4-8-28(27)21-42-34/h3-12,18-19,21-22,25-26,35,41H,13-17,20,23-24H2,1-2H3,(H,43,47)/t25-,35+/m0/s1. The smallest absolute Gasteiger partial charge is 0.272 e. The number of carbonyl (C=O) groups is 3. The van der Waals surface area contributed by atoms with E-state index in [9.17, 15) is 14.4 Å². The number of nitrogens with zero attached hydrogens (tertiary/aromatic N) is 4. The predicted octanol–water partition coefficient (Wildman–Crippen LogP) is 5.72. The molecule has 10 heteroatoms. The Hall–Kier alpha value is -4.73. The van der Waals surface area contributed by atoms with E-state index in [4.69, 9.17) is 11.6 Å². The van der Waals surface area contributed by atoms with Gasteiger partial charge in [-0.2, -0.15) is 0 Å². The molecule has 1 saturated heterocycles. The zero-order chi connectivity index (χ0) is 34.1. The molecule has 9 nitrogen and oxygen atoms in total. The van der Waals surface area contributed by atoms with Crippen molar-refractivity contribution in [3.8, 4) is 0 Å². The summed E-state index contributed by atoms with van der Waals surface area (Å²) >= 11 is 6.41. The number of benzene rings is 3. The first-order valence-corrected chi connectivity index (χ1v) is 17.4. The van der Waals surface area contributed by atoms with Crippen LogP contribution in [0.15, 0.2) is 85.2 Å². The van der Waals surface area contributed by atoms with Crippen LogP contribution in [0.3, 0.4) is 0 Å². The Kier molecular flexibility index (Phi) is 9.38. The number of aromatic amines is 1. The van der Waals surface area contributed by atoms with Crippen LogP contribution in [0.2, 0.25) is 5.02 Å². The van der Waals surface area contributed by atoms with E-state index >= 15 is 0 Å². The Morgan fingerprint density at radius 1 is 1.00 bits per heavy atom. The lowest BCUT2D eigenvalue weighted by atomic mass is 9.90. The number of halogens is 1. The van der Waals surface area contributed by atoms with Gasteiger partial charge in [0.1, 0.15) is 11.7 Å². The van der Waals surface area contributed by atoms with E-state index in [0.717, 1.165) is 51.5 Å². The molecule has 2 aliphatic heterocycles. The van der Waals surface area contributed by atoms with Gasteiger partial charge < -0.3 is 25.0 Å². The van der Waals surface area contributed by atoms with E-state index in [1.807, 2.05) is 98.0 Å². The number of fused-ring (bicyclic) bond motifs is 3. The SMILES string of the molecule is CN(C)C[C@@H]1Cc2cc(Cl)ccc2N(C(=O)[C@@H](Cc2c[nH]c3ccccc23)NC(=O)C2CCN(C(=O)c3cc4ccccc4cn3)CC2)C1. The molecule has 49 heavy (non-hydrogen) atoms. The minimum Gasteiger partial charge on any atom is -0.361 e. The summed E-state index contributed by atoms with van der Waals surface area (Å²) in [5, 5.41) is 6.80. The molecular weight excluding hydrogens is 636 g/mol. The summed E-state index contributed by atoms with van der Waals surface area (Å²) in [4.78, 5) is 55.4. The van der Waals surface area contributed by atoms with Gasteiger partial charge in [-0.1, -0.05) is 54.1 Å². The van der Waals surface area contributed by atoms with Gasteiger partial charge in [0.05, 0.1) is 0 Å². The van der Waals surface area contributed by atoms with Crippen LogP contribution < -0.4 is 10.2 Å². The van der Waals surface area contributed by atoms with Crippen LogP contribution in [0.5, 0.6) is 0 Å².